The van der Waals surface area contributed by atoms with Crippen LogP contribution in [-0.4, -0.2) is 24.1 Å². The Bertz CT molecular complexity index is 420. The van der Waals surface area contributed by atoms with E-state index in [1.807, 2.05) is 6.07 Å². The molecular weight excluding hydrogens is 221 g/mol. The Morgan fingerprint density at radius 2 is 2.35 bits per heavy atom. The van der Waals surface area contributed by atoms with Gasteiger partial charge in [0.2, 0.25) is 0 Å². The summed E-state index contributed by atoms with van der Waals surface area (Å²) in [6, 6.07) is 5.08. The number of fused-ring (bicyclic) bond motifs is 1. The molecule has 1 aromatic carbocycles. The molecule has 2 rings (SSSR count). The molecular formula is C13H16FNO2. The normalized spacial score (nSPS) is 15.1. The van der Waals surface area contributed by atoms with Gasteiger partial charge in [-0.25, -0.2) is 9.18 Å². The van der Waals surface area contributed by atoms with Gasteiger partial charge in [0.15, 0.2) is 0 Å². The number of carbonyl (C=O) groups excluding carboxylic acids is 1. The molecule has 0 saturated heterocycles. The van der Waals surface area contributed by atoms with Crippen LogP contribution >= 0.6 is 0 Å². The molecule has 0 fully saturated rings. The van der Waals surface area contributed by atoms with E-state index >= 15 is 0 Å². The molecule has 0 aromatic heterocycles. The maximum absolute atomic E-state index is 13.7. The van der Waals surface area contributed by atoms with Gasteiger partial charge in [-0.2, -0.15) is 0 Å². The minimum absolute atomic E-state index is 0.237. The Kier molecular flexibility index (Phi) is 3.61. The van der Waals surface area contributed by atoms with Crippen molar-refractivity contribution < 1.29 is 13.9 Å². The molecule has 1 aliphatic rings. The van der Waals surface area contributed by atoms with Gasteiger partial charge >= 0.3 is 6.09 Å². The Morgan fingerprint density at radius 3 is 3.12 bits per heavy atom. The number of hydrogen-bond acceptors (Lipinski definition) is 2. The van der Waals surface area contributed by atoms with Crippen LogP contribution in [0, 0.1) is 5.82 Å². The van der Waals surface area contributed by atoms with E-state index in [0.29, 0.717) is 25.3 Å². The van der Waals surface area contributed by atoms with E-state index in [2.05, 4.69) is 0 Å². The predicted molar refractivity (Wildman–Crippen MR) is 62.2 cm³/mol. The lowest BCUT2D eigenvalue weighted by atomic mass is 10.0. The monoisotopic (exact) mass is 237 g/mol. The number of nitrogens with zero attached hydrogens (tertiary/aromatic N) is 1. The number of hydrogen-bond donors (Lipinski definition) is 0. The second-order valence-corrected chi connectivity index (χ2v) is 4.10. The van der Waals surface area contributed by atoms with Crippen molar-refractivity contribution in [1.29, 1.82) is 0 Å². The van der Waals surface area contributed by atoms with Gasteiger partial charge in [-0.1, -0.05) is 12.1 Å². The molecule has 0 N–H and O–H groups in total. The second kappa shape index (κ2) is 5.17. The average Bonchev–Trinajstić information content (AvgIpc) is 2.52. The van der Waals surface area contributed by atoms with Gasteiger partial charge in [-0.3, -0.25) is 0 Å². The van der Waals surface area contributed by atoms with Crippen molar-refractivity contribution in [2.45, 2.75) is 26.3 Å². The number of halogens is 1. The lowest BCUT2D eigenvalue weighted by Gasteiger charge is -2.20. The zero-order chi connectivity index (χ0) is 12.3. The van der Waals surface area contributed by atoms with E-state index in [0.717, 1.165) is 18.4 Å². The van der Waals surface area contributed by atoms with Crippen LogP contribution in [0.2, 0.25) is 0 Å². The van der Waals surface area contributed by atoms with Crippen LogP contribution in [0.3, 0.4) is 0 Å². The molecule has 0 spiro atoms. The van der Waals surface area contributed by atoms with Crippen LogP contribution in [0.1, 0.15) is 24.5 Å². The third-order valence-corrected chi connectivity index (χ3v) is 2.97. The first kappa shape index (κ1) is 11.9. The fraction of sp³-hybridized carbons (Fsp3) is 0.462. The van der Waals surface area contributed by atoms with Crippen LogP contribution in [0.25, 0.3) is 0 Å². The molecule has 1 aliphatic heterocycles. The van der Waals surface area contributed by atoms with E-state index in [1.54, 1.807) is 17.9 Å². The molecule has 3 nitrogen and oxygen atoms in total. The van der Waals surface area contributed by atoms with E-state index in [9.17, 15) is 9.18 Å². The SMILES string of the molecule is CCOC(=O)N1CCCc2cccc(F)c2C1. The van der Waals surface area contributed by atoms with Crippen LogP contribution in [-0.2, 0) is 17.7 Å². The molecule has 0 bridgehead atoms. The van der Waals surface area contributed by atoms with E-state index in [4.69, 9.17) is 4.74 Å². The summed E-state index contributed by atoms with van der Waals surface area (Å²) in [5, 5.41) is 0. The Morgan fingerprint density at radius 1 is 1.53 bits per heavy atom. The molecule has 0 unspecified atom stereocenters. The Labute approximate surface area is 100 Å². The van der Waals surface area contributed by atoms with Crippen molar-refractivity contribution >= 4 is 6.09 Å². The van der Waals surface area contributed by atoms with Crippen molar-refractivity contribution in [3.8, 4) is 0 Å². The summed E-state index contributed by atoms with van der Waals surface area (Å²) < 4.78 is 18.7. The molecule has 17 heavy (non-hydrogen) atoms. The van der Waals surface area contributed by atoms with Gasteiger partial charge in [0.05, 0.1) is 13.2 Å². The molecule has 0 atom stereocenters. The van der Waals surface area contributed by atoms with Crippen LogP contribution < -0.4 is 0 Å². The van der Waals surface area contributed by atoms with Gasteiger partial charge in [0, 0.05) is 12.1 Å². The number of amides is 1. The smallest absolute Gasteiger partial charge is 0.410 e. The second-order valence-electron chi connectivity index (χ2n) is 4.10. The van der Waals surface area contributed by atoms with Crippen LogP contribution in [0.4, 0.5) is 9.18 Å². The number of ether oxygens (including phenoxy) is 1. The zero-order valence-electron chi connectivity index (χ0n) is 9.91. The molecule has 1 heterocycles. The summed E-state index contributed by atoms with van der Waals surface area (Å²) >= 11 is 0. The first-order valence-electron chi connectivity index (χ1n) is 5.90. The van der Waals surface area contributed by atoms with Crippen molar-refractivity contribution in [2.24, 2.45) is 0 Å². The molecule has 0 saturated carbocycles. The number of rotatable bonds is 1. The maximum atomic E-state index is 13.7. The van der Waals surface area contributed by atoms with Crippen LogP contribution in [0.5, 0.6) is 0 Å². The summed E-state index contributed by atoms with van der Waals surface area (Å²) in [6.45, 7) is 3.04. The molecule has 1 amide bonds. The van der Waals surface area contributed by atoms with Crippen molar-refractivity contribution in [3.05, 3.63) is 35.1 Å². The highest BCUT2D eigenvalue weighted by molar-refractivity contribution is 5.67. The summed E-state index contributed by atoms with van der Waals surface area (Å²) in [4.78, 5) is 13.2. The van der Waals surface area contributed by atoms with Crippen molar-refractivity contribution in [1.82, 2.24) is 4.90 Å². The first-order valence-corrected chi connectivity index (χ1v) is 5.90. The minimum atomic E-state index is -0.358. The lowest BCUT2D eigenvalue weighted by Crippen LogP contribution is -2.31. The fourth-order valence-corrected chi connectivity index (χ4v) is 2.12. The van der Waals surface area contributed by atoms with Gasteiger partial charge in [-0.15, -0.1) is 0 Å². The fourth-order valence-electron chi connectivity index (χ4n) is 2.12. The third kappa shape index (κ3) is 2.57. The summed E-state index contributed by atoms with van der Waals surface area (Å²) in [6.07, 6.45) is 1.29. The first-order chi connectivity index (χ1) is 8.22. The molecule has 92 valence electrons. The number of aryl methyl sites for hydroxylation is 1. The standard InChI is InChI=1S/C13H16FNO2/c1-2-17-13(16)15-8-4-6-10-5-3-7-12(14)11(10)9-15/h3,5,7H,2,4,6,8-9H2,1H3. The molecule has 4 heteroatoms. The Balaban J connectivity index is 2.21. The highest BCUT2D eigenvalue weighted by Gasteiger charge is 2.21. The van der Waals surface area contributed by atoms with E-state index in [-0.39, 0.29) is 11.9 Å². The van der Waals surface area contributed by atoms with Crippen molar-refractivity contribution in [3.63, 3.8) is 0 Å². The maximum Gasteiger partial charge on any atom is 0.410 e. The van der Waals surface area contributed by atoms with Gasteiger partial charge in [-0.05, 0) is 31.4 Å². The highest BCUT2D eigenvalue weighted by Crippen LogP contribution is 2.21. The van der Waals surface area contributed by atoms with E-state index < -0.39 is 0 Å². The summed E-state index contributed by atoms with van der Waals surface area (Å²) in [5.41, 5.74) is 1.62. The Hall–Kier alpha value is -1.58. The lowest BCUT2D eigenvalue weighted by molar-refractivity contribution is 0.105. The van der Waals surface area contributed by atoms with E-state index in [1.165, 1.54) is 6.07 Å². The topological polar surface area (TPSA) is 29.5 Å². The highest BCUT2D eigenvalue weighted by atomic mass is 19.1. The minimum Gasteiger partial charge on any atom is -0.450 e. The number of carbonyl (C=O) groups is 1. The molecule has 0 aliphatic carbocycles. The number of benzene rings is 1. The van der Waals surface area contributed by atoms with Crippen molar-refractivity contribution in [2.75, 3.05) is 13.2 Å². The zero-order valence-corrected chi connectivity index (χ0v) is 9.91. The molecule has 1 aromatic rings. The van der Waals surface area contributed by atoms with Gasteiger partial charge in [0.1, 0.15) is 5.82 Å². The quantitative estimate of drug-likeness (QED) is 0.751. The van der Waals surface area contributed by atoms with Gasteiger partial charge < -0.3 is 9.64 Å². The third-order valence-electron chi connectivity index (χ3n) is 2.97. The predicted octanol–water partition coefficient (Wildman–Crippen LogP) is 2.73. The summed E-state index contributed by atoms with van der Waals surface area (Å²) in [5.74, 6) is -0.237. The summed E-state index contributed by atoms with van der Waals surface area (Å²) in [7, 11) is 0. The largest absolute Gasteiger partial charge is 0.450 e. The average molecular weight is 237 g/mol. The van der Waals surface area contributed by atoms with Crippen LogP contribution in [0.15, 0.2) is 18.2 Å². The van der Waals surface area contributed by atoms with Gasteiger partial charge in [0.25, 0.3) is 0 Å². The molecule has 0 radical (unpaired) electrons.